The van der Waals surface area contributed by atoms with Crippen LogP contribution in [0.5, 0.6) is 0 Å². The molecule has 0 aliphatic heterocycles. The highest BCUT2D eigenvalue weighted by Gasteiger charge is 2.15. The Labute approximate surface area is 110 Å². The molecular weight excluding hydrogens is 254 g/mol. The van der Waals surface area contributed by atoms with Crippen molar-refractivity contribution in [1.29, 1.82) is 0 Å². The Balaban J connectivity index is 2.79. The van der Waals surface area contributed by atoms with Crippen molar-refractivity contribution in [2.45, 2.75) is 5.75 Å². The molecule has 0 heterocycles. The van der Waals surface area contributed by atoms with Crippen LogP contribution in [-0.2, 0) is 20.0 Å². The highest BCUT2D eigenvalue weighted by Crippen LogP contribution is 2.22. The Morgan fingerprint density at radius 2 is 2.00 bits per heavy atom. The van der Waals surface area contributed by atoms with Gasteiger partial charge in [0.25, 0.3) is 0 Å². The van der Waals surface area contributed by atoms with E-state index >= 15 is 0 Å². The van der Waals surface area contributed by atoms with Gasteiger partial charge in [-0.3, -0.25) is 4.79 Å². The van der Waals surface area contributed by atoms with E-state index in [0.717, 1.165) is 5.56 Å². The van der Waals surface area contributed by atoms with Crippen LogP contribution in [-0.4, -0.2) is 31.9 Å². The van der Waals surface area contributed by atoms with Gasteiger partial charge in [0.05, 0.1) is 25.5 Å². The van der Waals surface area contributed by atoms with E-state index in [1.54, 1.807) is 18.2 Å². The molecule has 6 heteroatoms. The van der Waals surface area contributed by atoms with Gasteiger partial charge < -0.3 is 15.2 Å². The van der Waals surface area contributed by atoms with Crippen molar-refractivity contribution in [3.8, 4) is 0 Å². The third-order valence-corrected chi connectivity index (χ3v) is 3.23. The number of esters is 2. The predicted molar refractivity (Wildman–Crippen MR) is 70.4 cm³/mol. The van der Waals surface area contributed by atoms with Crippen LogP contribution in [0.15, 0.2) is 18.2 Å². The maximum absolute atomic E-state index is 11.6. The number of methoxy groups -OCH3 is 2. The summed E-state index contributed by atoms with van der Waals surface area (Å²) in [5.74, 6) is -0.0541. The number of ether oxygens (including phenoxy) is 2. The summed E-state index contributed by atoms with van der Waals surface area (Å²) in [6.07, 6.45) is 0. The number of rotatable bonds is 5. The number of carbonyl (C=O) groups is 2. The van der Waals surface area contributed by atoms with Gasteiger partial charge in [0.15, 0.2) is 0 Å². The number of nitrogens with two attached hydrogens (primary N) is 1. The van der Waals surface area contributed by atoms with E-state index in [1.807, 2.05) is 0 Å². The molecule has 5 nitrogen and oxygen atoms in total. The maximum atomic E-state index is 11.6. The first-order chi connectivity index (χ1) is 8.60. The minimum absolute atomic E-state index is 0.228. The van der Waals surface area contributed by atoms with E-state index < -0.39 is 5.97 Å². The number of anilines is 1. The van der Waals surface area contributed by atoms with Crippen LogP contribution >= 0.6 is 11.8 Å². The zero-order chi connectivity index (χ0) is 13.5. The van der Waals surface area contributed by atoms with Crippen molar-refractivity contribution >= 4 is 29.4 Å². The molecule has 0 bridgehead atoms. The SMILES string of the molecule is COC(=O)CSCc1cccc(N)c1C(=O)OC. The summed E-state index contributed by atoms with van der Waals surface area (Å²) in [4.78, 5) is 22.6. The Kier molecular flexibility index (Phi) is 5.51. The maximum Gasteiger partial charge on any atom is 0.340 e. The first-order valence-electron chi connectivity index (χ1n) is 5.20. The summed E-state index contributed by atoms with van der Waals surface area (Å²) in [6.45, 7) is 0. The molecule has 0 fully saturated rings. The van der Waals surface area contributed by atoms with Gasteiger partial charge >= 0.3 is 11.9 Å². The predicted octanol–water partition coefficient (Wildman–Crippen LogP) is 1.46. The van der Waals surface area contributed by atoms with Gasteiger partial charge in [0, 0.05) is 11.4 Å². The van der Waals surface area contributed by atoms with Gasteiger partial charge in [0.2, 0.25) is 0 Å². The Morgan fingerprint density at radius 1 is 1.28 bits per heavy atom. The molecule has 1 aromatic carbocycles. The fourth-order valence-electron chi connectivity index (χ4n) is 1.39. The molecule has 1 rings (SSSR count). The van der Waals surface area contributed by atoms with Gasteiger partial charge in [-0.15, -0.1) is 11.8 Å². The Morgan fingerprint density at radius 3 is 2.61 bits per heavy atom. The van der Waals surface area contributed by atoms with Crippen molar-refractivity contribution in [2.24, 2.45) is 0 Å². The molecule has 0 aliphatic rings. The van der Waals surface area contributed by atoms with E-state index in [4.69, 9.17) is 5.73 Å². The number of hydrogen-bond donors (Lipinski definition) is 1. The molecule has 0 aliphatic carbocycles. The zero-order valence-corrected chi connectivity index (χ0v) is 11.1. The summed E-state index contributed by atoms with van der Waals surface area (Å²) in [6, 6.07) is 5.18. The summed E-state index contributed by atoms with van der Waals surface area (Å²) in [5.41, 5.74) is 7.23. The minimum atomic E-state index is -0.471. The average Bonchev–Trinajstić information content (AvgIpc) is 2.37. The molecule has 0 unspecified atom stereocenters. The minimum Gasteiger partial charge on any atom is -0.468 e. The first-order valence-corrected chi connectivity index (χ1v) is 6.35. The fourth-order valence-corrected chi connectivity index (χ4v) is 2.24. The van der Waals surface area contributed by atoms with Gasteiger partial charge in [-0.25, -0.2) is 4.79 Å². The second-order valence-electron chi connectivity index (χ2n) is 3.44. The number of carbonyl (C=O) groups excluding carboxylic acids is 2. The average molecular weight is 269 g/mol. The molecule has 0 saturated carbocycles. The molecule has 0 radical (unpaired) electrons. The van der Waals surface area contributed by atoms with Crippen molar-refractivity contribution in [1.82, 2.24) is 0 Å². The number of benzene rings is 1. The van der Waals surface area contributed by atoms with Crippen LogP contribution in [0.25, 0.3) is 0 Å². The summed E-state index contributed by atoms with van der Waals surface area (Å²) in [5, 5.41) is 0. The topological polar surface area (TPSA) is 78.6 Å². The van der Waals surface area contributed by atoms with Crippen LogP contribution in [0.4, 0.5) is 5.69 Å². The van der Waals surface area contributed by atoms with Gasteiger partial charge in [0.1, 0.15) is 0 Å². The second-order valence-corrected chi connectivity index (χ2v) is 4.43. The third-order valence-electron chi connectivity index (χ3n) is 2.28. The van der Waals surface area contributed by atoms with Crippen molar-refractivity contribution in [2.75, 3.05) is 25.7 Å². The lowest BCUT2D eigenvalue weighted by Gasteiger charge is -2.09. The summed E-state index contributed by atoms with van der Waals surface area (Å²) < 4.78 is 9.22. The van der Waals surface area contributed by atoms with Gasteiger partial charge in [-0.05, 0) is 11.6 Å². The largest absolute Gasteiger partial charge is 0.468 e. The Hall–Kier alpha value is -1.69. The highest BCUT2D eigenvalue weighted by atomic mass is 32.2. The number of hydrogen-bond acceptors (Lipinski definition) is 6. The smallest absolute Gasteiger partial charge is 0.340 e. The van der Waals surface area contributed by atoms with Crippen molar-refractivity contribution in [3.63, 3.8) is 0 Å². The molecule has 98 valence electrons. The number of thioether (sulfide) groups is 1. The lowest BCUT2D eigenvalue weighted by atomic mass is 10.1. The third kappa shape index (κ3) is 3.66. The van der Waals surface area contributed by atoms with Crippen LogP contribution in [0.1, 0.15) is 15.9 Å². The molecule has 0 aromatic heterocycles. The molecule has 0 amide bonds. The summed E-state index contributed by atoms with van der Waals surface area (Å²) in [7, 11) is 2.64. The molecule has 2 N–H and O–H groups in total. The quantitative estimate of drug-likeness (QED) is 0.644. The lowest BCUT2D eigenvalue weighted by Crippen LogP contribution is -2.10. The van der Waals surface area contributed by atoms with E-state index in [0.29, 0.717) is 17.0 Å². The molecule has 18 heavy (non-hydrogen) atoms. The zero-order valence-electron chi connectivity index (χ0n) is 10.3. The molecule has 0 saturated heterocycles. The Bertz CT molecular complexity index is 448. The van der Waals surface area contributed by atoms with Crippen LogP contribution in [0, 0.1) is 0 Å². The highest BCUT2D eigenvalue weighted by molar-refractivity contribution is 7.99. The molecule has 0 atom stereocenters. The summed E-state index contributed by atoms with van der Waals surface area (Å²) >= 11 is 1.35. The second kappa shape index (κ2) is 6.90. The fraction of sp³-hybridized carbons (Fsp3) is 0.333. The first kappa shape index (κ1) is 14.4. The van der Waals surface area contributed by atoms with E-state index in [2.05, 4.69) is 9.47 Å². The molecular formula is C12H15NO4S. The van der Waals surface area contributed by atoms with Crippen LogP contribution in [0.3, 0.4) is 0 Å². The van der Waals surface area contributed by atoms with Crippen LogP contribution < -0.4 is 5.73 Å². The van der Waals surface area contributed by atoms with Crippen LogP contribution in [0.2, 0.25) is 0 Å². The standard InChI is InChI=1S/C12H15NO4S/c1-16-10(14)7-18-6-8-4-3-5-9(13)11(8)12(15)17-2/h3-5H,6-7,13H2,1-2H3. The van der Waals surface area contributed by atoms with Crippen molar-refractivity contribution in [3.05, 3.63) is 29.3 Å². The van der Waals surface area contributed by atoms with Crippen molar-refractivity contribution < 1.29 is 19.1 Å². The normalized spacial score (nSPS) is 9.89. The molecule has 0 spiro atoms. The van der Waals surface area contributed by atoms with E-state index in [9.17, 15) is 9.59 Å². The number of nitrogen functional groups attached to an aromatic ring is 1. The van der Waals surface area contributed by atoms with Gasteiger partial charge in [-0.1, -0.05) is 12.1 Å². The van der Waals surface area contributed by atoms with E-state index in [1.165, 1.54) is 26.0 Å². The lowest BCUT2D eigenvalue weighted by molar-refractivity contribution is -0.137. The van der Waals surface area contributed by atoms with Gasteiger partial charge in [-0.2, -0.15) is 0 Å². The van der Waals surface area contributed by atoms with E-state index in [-0.39, 0.29) is 11.7 Å². The monoisotopic (exact) mass is 269 g/mol. The molecule has 1 aromatic rings.